The van der Waals surface area contributed by atoms with Gasteiger partial charge in [0.1, 0.15) is 6.04 Å². The van der Waals surface area contributed by atoms with Gasteiger partial charge in [0.15, 0.2) is 0 Å². The summed E-state index contributed by atoms with van der Waals surface area (Å²) in [6.45, 7) is 4.17. The number of anilines is 1. The van der Waals surface area contributed by atoms with E-state index in [1.54, 1.807) is 6.21 Å². The minimum Gasteiger partial charge on any atom is -0.449 e. The van der Waals surface area contributed by atoms with Crippen LogP contribution in [0, 0.1) is 5.92 Å². The van der Waals surface area contributed by atoms with Crippen molar-refractivity contribution in [2.75, 3.05) is 25.6 Å². The van der Waals surface area contributed by atoms with E-state index in [4.69, 9.17) is 4.74 Å². The molecule has 1 heterocycles. The average Bonchev–Trinajstić information content (AvgIpc) is 3.20. The Kier molecular flexibility index (Phi) is 8.07. The number of para-hydroxylation sites is 1. The first-order valence-electron chi connectivity index (χ1n) is 10.9. The first-order valence-corrected chi connectivity index (χ1v) is 10.9. The Labute approximate surface area is 194 Å². The summed E-state index contributed by atoms with van der Waals surface area (Å²) >= 11 is 0. The van der Waals surface area contributed by atoms with Crippen LogP contribution in [-0.4, -0.2) is 49.9 Å². The number of nitrogens with zero attached hydrogens (tertiary/aromatic N) is 2. The zero-order valence-electron chi connectivity index (χ0n) is 19.5. The molecule has 0 fully saturated rings. The maximum atomic E-state index is 12.9. The maximum Gasteiger partial charge on any atom is 0.407 e. The molecule has 3 N–H and O–H groups in total. The SMILES string of the molecule is CC(C)COC(=O)NC(Cc1c[nH]c2ccccc12)C(=O)N/N=C/c1ccc(N(C)C)cc1. The number of aromatic amines is 1. The zero-order chi connectivity index (χ0) is 23.8. The van der Waals surface area contributed by atoms with E-state index in [-0.39, 0.29) is 12.5 Å². The highest BCUT2D eigenvalue weighted by Crippen LogP contribution is 2.19. The summed E-state index contributed by atoms with van der Waals surface area (Å²) in [7, 11) is 3.94. The minimum atomic E-state index is -0.850. The summed E-state index contributed by atoms with van der Waals surface area (Å²) in [6, 6.07) is 14.7. The third kappa shape index (κ3) is 6.83. The number of nitrogens with one attached hydrogen (secondary N) is 3. The highest BCUT2D eigenvalue weighted by atomic mass is 16.5. The lowest BCUT2D eigenvalue weighted by Crippen LogP contribution is -2.47. The number of fused-ring (bicyclic) bond motifs is 1. The fourth-order valence-electron chi connectivity index (χ4n) is 3.26. The molecule has 2 aromatic carbocycles. The molecule has 3 aromatic rings. The van der Waals surface area contributed by atoms with Crippen molar-refractivity contribution in [2.45, 2.75) is 26.3 Å². The van der Waals surface area contributed by atoms with Gasteiger partial charge >= 0.3 is 6.09 Å². The Balaban J connectivity index is 1.70. The van der Waals surface area contributed by atoms with Crippen molar-refractivity contribution in [1.29, 1.82) is 0 Å². The van der Waals surface area contributed by atoms with Crippen molar-refractivity contribution in [3.8, 4) is 0 Å². The van der Waals surface area contributed by atoms with Crippen LogP contribution in [-0.2, 0) is 16.0 Å². The molecule has 1 atom stereocenters. The number of benzene rings is 2. The monoisotopic (exact) mass is 449 g/mol. The number of alkyl carbamates (subject to hydrolysis) is 1. The largest absolute Gasteiger partial charge is 0.449 e. The van der Waals surface area contributed by atoms with E-state index in [0.717, 1.165) is 27.7 Å². The van der Waals surface area contributed by atoms with Crippen molar-refractivity contribution in [2.24, 2.45) is 11.0 Å². The molecule has 0 aliphatic rings. The van der Waals surface area contributed by atoms with Crippen LogP contribution in [0.15, 0.2) is 59.8 Å². The number of ether oxygens (including phenoxy) is 1. The second kappa shape index (κ2) is 11.2. The molecule has 0 aliphatic carbocycles. The first-order chi connectivity index (χ1) is 15.8. The summed E-state index contributed by atoms with van der Waals surface area (Å²) < 4.78 is 5.21. The summed E-state index contributed by atoms with van der Waals surface area (Å²) in [5, 5.41) is 7.75. The van der Waals surface area contributed by atoms with Gasteiger partial charge in [0.2, 0.25) is 0 Å². The van der Waals surface area contributed by atoms with Crippen LogP contribution in [0.2, 0.25) is 0 Å². The number of carbonyl (C=O) groups is 2. The fraction of sp³-hybridized carbons (Fsp3) is 0.320. The molecule has 0 bridgehead atoms. The Morgan fingerprint density at radius 1 is 1.12 bits per heavy atom. The number of rotatable bonds is 9. The van der Waals surface area contributed by atoms with Crippen LogP contribution in [0.1, 0.15) is 25.0 Å². The van der Waals surface area contributed by atoms with Crippen LogP contribution in [0.3, 0.4) is 0 Å². The molecule has 174 valence electrons. The van der Waals surface area contributed by atoms with Gasteiger partial charge in [-0.05, 0) is 35.2 Å². The molecular formula is C25H31N5O3. The molecule has 8 heteroatoms. The average molecular weight is 450 g/mol. The molecule has 0 saturated heterocycles. The molecule has 1 unspecified atom stereocenters. The van der Waals surface area contributed by atoms with E-state index in [0.29, 0.717) is 6.42 Å². The lowest BCUT2D eigenvalue weighted by molar-refractivity contribution is -0.123. The Morgan fingerprint density at radius 3 is 2.55 bits per heavy atom. The van der Waals surface area contributed by atoms with E-state index in [1.165, 1.54) is 0 Å². The molecule has 8 nitrogen and oxygen atoms in total. The molecule has 0 radical (unpaired) electrons. The standard InChI is InChI=1S/C25H31N5O3/c1-17(2)16-33-25(32)28-23(13-19-15-26-22-8-6-5-7-21(19)22)24(31)29-27-14-18-9-11-20(12-10-18)30(3)4/h5-12,14-15,17,23,26H,13,16H2,1-4H3,(H,28,32)(H,29,31)/b27-14+. The van der Waals surface area contributed by atoms with E-state index >= 15 is 0 Å². The molecule has 0 spiro atoms. The van der Waals surface area contributed by atoms with Gasteiger partial charge in [-0.25, -0.2) is 10.2 Å². The van der Waals surface area contributed by atoms with E-state index in [1.807, 2.05) is 87.6 Å². The number of H-pyrrole nitrogens is 1. The van der Waals surface area contributed by atoms with Crippen LogP contribution >= 0.6 is 0 Å². The van der Waals surface area contributed by atoms with Crippen LogP contribution in [0.4, 0.5) is 10.5 Å². The predicted octanol–water partition coefficient (Wildman–Crippen LogP) is 3.68. The van der Waals surface area contributed by atoms with Gasteiger partial charge in [-0.15, -0.1) is 0 Å². The lowest BCUT2D eigenvalue weighted by atomic mass is 10.0. The number of aromatic nitrogens is 1. The van der Waals surface area contributed by atoms with E-state index < -0.39 is 18.0 Å². The third-order valence-electron chi connectivity index (χ3n) is 5.05. The Hall–Kier alpha value is -3.81. The quantitative estimate of drug-likeness (QED) is 0.343. The van der Waals surface area contributed by atoms with Gasteiger partial charge in [0.25, 0.3) is 5.91 Å². The molecule has 1 aromatic heterocycles. The first kappa shape index (κ1) is 23.8. The van der Waals surface area contributed by atoms with Crippen molar-refractivity contribution >= 4 is 34.8 Å². The predicted molar refractivity (Wildman–Crippen MR) is 132 cm³/mol. The minimum absolute atomic E-state index is 0.195. The molecule has 33 heavy (non-hydrogen) atoms. The highest BCUT2D eigenvalue weighted by Gasteiger charge is 2.23. The molecular weight excluding hydrogens is 418 g/mol. The normalized spacial score (nSPS) is 12.2. The second-order valence-corrected chi connectivity index (χ2v) is 8.47. The zero-order valence-corrected chi connectivity index (χ0v) is 19.5. The van der Waals surface area contributed by atoms with E-state index in [9.17, 15) is 9.59 Å². The number of amides is 2. The fourth-order valence-corrected chi connectivity index (χ4v) is 3.26. The maximum absolute atomic E-state index is 12.9. The van der Waals surface area contributed by atoms with Crippen molar-refractivity contribution < 1.29 is 14.3 Å². The Bertz CT molecular complexity index is 1100. The summed E-state index contributed by atoms with van der Waals surface area (Å²) in [4.78, 5) is 30.4. The van der Waals surface area contributed by atoms with Crippen LogP contribution in [0.5, 0.6) is 0 Å². The smallest absolute Gasteiger partial charge is 0.407 e. The van der Waals surface area contributed by atoms with E-state index in [2.05, 4.69) is 20.8 Å². The molecule has 0 aliphatic heterocycles. The van der Waals surface area contributed by atoms with Gasteiger partial charge in [-0.1, -0.05) is 44.2 Å². The van der Waals surface area contributed by atoms with Gasteiger partial charge in [0.05, 0.1) is 12.8 Å². The third-order valence-corrected chi connectivity index (χ3v) is 5.05. The lowest BCUT2D eigenvalue weighted by Gasteiger charge is -2.17. The number of hydrogen-bond donors (Lipinski definition) is 3. The van der Waals surface area contributed by atoms with Crippen molar-refractivity contribution in [3.05, 3.63) is 65.9 Å². The molecule has 3 rings (SSSR count). The topological polar surface area (TPSA) is 98.8 Å². The van der Waals surface area contributed by atoms with Gasteiger partial charge in [0, 0.05) is 43.3 Å². The Morgan fingerprint density at radius 2 is 1.85 bits per heavy atom. The second-order valence-electron chi connectivity index (χ2n) is 8.47. The summed E-state index contributed by atoms with van der Waals surface area (Å²) in [5.74, 6) is -0.233. The van der Waals surface area contributed by atoms with Crippen molar-refractivity contribution in [1.82, 2.24) is 15.7 Å². The molecule has 0 saturated carbocycles. The number of hydrogen-bond acceptors (Lipinski definition) is 5. The van der Waals surface area contributed by atoms with Crippen molar-refractivity contribution in [3.63, 3.8) is 0 Å². The van der Waals surface area contributed by atoms with Crippen LogP contribution in [0.25, 0.3) is 10.9 Å². The van der Waals surface area contributed by atoms with Crippen LogP contribution < -0.4 is 15.6 Å². The summed E-state index contributed by atoms with van der Waals surface area (Å²) in [5.41, 5.74) is 6.33. The van der Waals surface area contributed by atoms with Gasteiger partial charge < -0.3 is 19.9 Å². The summed E-state index contributed by atoms with van der Waals surface area (Å²) in [6.07, 6.45) is 3.07. The number of hydrazone groups is 1. The van der Waals surface area contributed by atoms with Gasteiger partial charge in [-0.2, -0.15) is 5.10 Å². The van der Waals surface area contributed by atoms with Gasteiger partial charge in [-0.3, -0.25) is 4.79 Å². The molecule has 2 amide bonds. The highest BCUT2D eigenvalue weighted by molar-refractivity contribution is 5.89. The number of carbonyl (C=O) groups excluding carboxylic acids is 2.